The molecular formula is C15H28N2O3. The molecule has 0 aromatic rings. The van der Waals surface area contributed by atoms with Crippen LogP contribution in [0.25, 0.3) is 0 Å². The molecule has 2 atom stereocenters. The highest BCUT2D eigenvalue weighted by Crippen LogP contribution is 2.41. The van der Waals surface area contributed by atoms with E-state index in [0.717, 1.165) is 52.0 Å². The maximum Gasteiger partial charge on any atom is 0.327 e. The molecular weight excluding hydrogens is 256 g/mol. The lowest BCUT2D eigenvalue weighted by Gasteiger charge is -2.40. The maximum absolute atomic E-state index is 12.4. The first kappa shape index (κ1) is 15.7. The summed E-state index contributed by atoms with van der Waals surface area (Å²) in [6.45, 7) is 8.32. The van der Waals surface area contributed by atoms with Gasteiger partial charge in [-0.2, -0.15) is 0 Å². The Morgan fingerprint density at radius 3 is 2.80 bits per heavy atom. The molecule has 1 N–H and O–H groups in total. The summed E-state index contributed by atoms with van der Waals surface area (Å²) in [7, 11) is 1.50. The Morgan fingerprint density at radius 1 is 1.50 bits per heavy atom. The van der Waals surface area contributed by atoms with E-state index in [1.807, 2.05) is 0 Å². The van der Waals surface area contributed by atoms with Crippen LogP contribution in [0.1, 0.15) is 33.1 Å². The Morgan fingerprint density at radius 2 is 2.25 bits per heavy atom. The van der Waals surface area contributed by atoms with Gasteiger partial charge < -0.3 is 14.8 Å². The smallest absolute Gasteiger partial charge is 0.327 e. The van der Waals surface area contributed by atoms with Gasteiger partial charge in [-0.25, -0.2) is 4.79 Å². The molecule has 1 saturated heterocycles. The van der Waals surface area contributed by atoms with Crippen LogP contribution in [0.5, 0.6) is 0 Å². The van der Waals surface area contributed by atoms with Crippen molar-refractivity contribution >= 4 is 5.97 Å². The molecule has 2 rings (SSSR count). The summed E-state index contributed by atoms with van der Waals surface area (Å²) >= 11 is 0. The fraction of sp³-hybridized carbons (Fsp3) is 0.933. The summed E-state index contributed by atoms with van der Waals surface area (Å²) in [4.78, 5) is 14.8. The van der Waals surface area contributed by atoms with Crippen LogP contribution in [0.15, 0.2) is 0 Å². The molecule has 2 fully saturated rings. The molecule has 1 aliphatic carbocycles. The minimum absolute atomic E-state index is 0.104. The number of esters is 1. The Kier molecular flexibility index (Phi) is 5.41. The van der Waals surface area contributed by atoms with Gasteiger partial charge in [-0.1, -0.05) is 6.92 Å². The zero-order valence-corrected chi connectivity index (χ0v) is 13.0. The third-order valence-corrected chi connectivity index (χ3v) is 4.31. The van der Waals surface area contributed by atoms with Crippen LogP contribution in [0.4, 0.5) is 0 Å². The molecule has 0 aromatic carbocycles. The average molecular weight is 284 g/mol. The summed E-state index contributed by atoms with van der Waals surface area (Å²) in [5, 5.41) is 3.50. The van der Waals surface area contributed by atoms with Gasteiger partial charge in [0.15, 0.2) is 0 Å². The highest BCUT2D eigenvalue weighted by molar-refractivity contribution is 5.82. The number of methoxy groups -OCH3 is 1. The second-order valence-corrected chi connectivity index (χ2v) is 6.08. The van der Waals surface area contributed by atoms with E-state index >= 15 is 0 Å². The summed E-state index contributed by atoms with van der Waals surface area (Å²) < 4.78 is 10.7. The number of morpholine rings is 1. The van der Waals surface area contributed by atoms with Crippen LogP contribution in [0, 0.1) is 5.92 Å². The lowest BCUT2D eigenvalue weighted by molar-refractivity contribution is -0.152. The van der Waals surface area contributed by atoms with Gasteiger partial charge in [0.2, 0.25) is 0 Å². The lowest BCUT2D eigenvalue weighted by Crippen LogP contribution is -2.62. The van der Waals surface area contributed by atoms with Crippen molar-refractivity contribution in [3.8, 4) is 0 Å². The molecule has 5 heteroatoms. The van der Waals surface area contributed by atoms with Crippen LogP contribution in [0.2, 0.25) is 0 Å². The van der Waals surface area contributed by atoms with Crippen molar-refractivity contribution < 1.29 is 14.3 Å². The Hall–Kier alpha value is -0.650. The molecule has 2 aliphatic rings. The summed E-state index contributed by atoms with van der Waals surface area (Å²) in [6.07, 6.45) is 3.49. The van der Waals surface area contributed by atoms with E-state index in [-0.39, 0.29) is 12.1 Å². The number of carbonyl (C=O) groups excluding carboxylic acids is 1. The van der Waals surface area contributed by atoms with E-state index in [1.54, 1.807) is 0 Å². The van der Waals surface area contributed by atoms with Gasteiger partial charge in [0.25, 0.3) is 0 Å². The van der Waals surface area contributed by atoms with Gasteiger partial charge in [0.1, 0.15) is 5.54 Å². The predicted octanol–water partition coefficient (Wildman–Crippen LogP) is 1.03. The molecule has 1 heterocycles. The van der Waals surface area contributed by atoms with Crippen LogP contribution in [-0.4, -0.2) is 62.4 Å². The van der Waals surface area contributed by atoms with Gasteiger partial charge in [-0.05, 0) is 38.6 Å². The zero-order valence-electron chi connectivity index (χ0n) is 13.0. The predicted molar refractivity (Wildman–Crippen MR) is 77.6 cm³/mol. The molecule has 0 spiro atoms. The lowest BCUT2D eigenvalue weighted by atomic mass is 9.91. The number of carbonyl (C=O) groups is 1. The second kappa shape index (κ2) is 6.87. The number of nitrogens with zero attached hydrogens (tertiary/aromatic N) is 1. The monoisotopic (exact) mass is 284 g/mol. The third-order valence-electron chi connectivity index (χ3n) is 4.31. The quantitative estimate of drug-likeness (QED) is 0.708. The van der Waals surface area contributed by atoms with E-state index in [9.17, 15) is 4.79 Å². The van der Waals surface area contributed by atoms with Crippen molar-refractivity contribution in [3.63, 3.8) is 0 Å². The van der Waals surface area contributed by atoms with Crippen LogP contribution in [0.3, 0.4) is 0 Å². The molecule has 2 unspecified atom stereocenters. The van der Waals surface area contributed by atoms with Crippen molar-refractivity contribution in [1.82, 2.24) is 10.2 Å². The molecule has 0 radical (unpaired) electrons. The highest BCUT2D eigenvalue weighted by atomic mass is 16.5. The van der Waals surface area contributed by atoms with Gasteiger partial charge in [0.05, 0.1) is 19.8 Å². The van der Waals surface area contributed by atoms with Gasteiger partial charge in [-0.15, -0.1) is 0 Å². The fourth-order valence-electron chi connectivity index (χ4n) is 3.13. The van der Waals surface area contributed by atoms with Crippen LogP contribution < -0.4 is 5.32 Å². The first-order valence-electron chi connectivity index (χ1n) is 7.79. The number of ether oxygens (including phenoxy) is 2. The van der Waals surface area contributed by atoms with Crippen LogP contribution in [-0.2, 0) is 14.3 Å². The Balaban J connectivity index is 2.09. The van der Waals surface area contributed by atoms with Crippen LogP contribution >= 0.6 is 0 Å². The highest BCUT2D eigenvalue weighted by Gasteiger charge is 2.52. The molecule has 0 bridgehead atoms. The second-order valence-electron chi connectivity index (χ2n) is 6.08. The normalized spacial score (nSPS) is 27.1. The fourth-order valence-corrected chi connectivity index (χ4v) is 3.13. The Labute approximate surface area is 122 Å². The van der Waals surface area contributed by atoms with E-state index in [2.05, 4.69) is 24.1 Å². The van der Waals surface area contributed by atoms with E-state index in [1.165, 1.54) is 7.11 Å². The van der Waals surface area contributed by atoms with E-state index < -0.39 is 5.54 Å². The molecule has 116 valence electrons. The third kappa shape index (κ3) is 3.51. The van der Waals surface area contributed by atoms with Crippen molar-refractivity contribution in [2.45, 2.75) is 44.8 Å². The van der Waals surface area contributed by atoms with Crippen molar-refractivity contribution in [2.75, 3.05) is 39.9 Å². The molecule has 1 saturated carbocycles. The molecule has 20 heavy (non-hydrogen) atoms. The van der Waals surface area contributed by atoms with E-state index in [4.69, 9.17) is 9.47 Å². The zero-order chi connectivity index (χ0) is 14.6. The summed E-state index contributed by atoms with van der Waals surface area (Å²) in [5.74, 6) is 0.312. The SMILES string of the molecule is CCCNC(CN1CCOC(C)C1)(C(=O)OC)C1CC1. The van der Waals surface area contributed by atoms with E-state index in [0.29, 0.717) is 5.92 Å². The minimum atomic E-state index is -0.526. The van der Waals surface area contributed by atoms with Crippen molar-refractivity contribution in [3.05, 3.63) is 0 Å². The number of hydrogen-bond acceptors (Lipinski definition) is 5. The standard InChI is InChI=1S/C15H28N2O3/c1-4-7-16-15(13-5-6-13,14(18)19-3)11-17-8-9-20-12(2)10-17/h12-13,16H,4-11H2,1-3H3. The Bertz CT molecular complexity index is 333. The summed E-state index contributed by atoms with van der Waals surface area (Å²) in [5.41, 5.74) is -0.526. The average Bonchev–Trinajstić information content (AvgIpc) is 3.27. The van der Waals surface area contributed by atoms with Crippen molar-refractivity contribution in [2.24, 2.45) is 5.92 Å². The first-order chi connectivity index (χ1) is 9.62. The largest absolute Gasteiger partial charge is 0.468 e. The number of nitrogens with one attached hydrogen (secondary N) is 1. The van der Waals surface area contributed by atoms with Crippen molar-refractivity contribution in [1.29, 1.82) is 0 Å². The maximum atomic E-state index is 12.4. The van der Waals surface area contributed by atoms with Gasteiger partial charge in [0, 0.05) is 19.6 Å². The minimum Gasteiger partial charge on any atom is -0.468 e. The molecule has 0 aromatic heterocycles. The number of rotatable bonds is 7. The van der Waals surface area contributed by atoms with Gasteiger partial charge in [-0.3, -0.25) is 4.90 Å². The topological polar surface area (TPSA) is 50.8 Å². The first-order valence-corrected chi connectivity index (χ1v) is 7.79. The number of hydrogen-bond donors (Lipinski definition) is 1. The summed E-state index contributed by atoms with van der Waals surface area (Å²) in [6, 6.07) is 0. The van der Waals surface area contributed by atoms with Gasteiger partial charge >= 0.3 is 5.97 Å². The molecule has 1 aliphatic heterocycles. The molecule has 0 amide bonds. The molecule has 5 nitrogen and oxygen atoms in total.